The molecule has 19 heavy (non-hydrogen) atoms. The zero-order valence-electron chi connectivity index (χ0n) is 12.6. The quantitative estimate of drug-likeness (QED) is 0.818. The van der Waals surface area contributed by atoms with Gasteiger partial charge in [-0.3, -0.25) is 4.90 Å². The molecule has 3 fully saturated rings. The molecule has 4 unspecified atom stereocenters. The highest BCUT2D eigenvalue weighted by Gasteiger charge is 2.40. The first-order chi connectivity index (χ1) is 9.06. The molecule has 0 spiro atoms. The Labute approximate surface area is 117 Å². The zero-order chi connectivity index (χ0) is 13.5. The molecule has 3 rings (SSSR count). The Morgan fingerprint density at radius 3 is 2.74 bits per heavy atom. The van der Waals surface area contributed by atoms with Crippen LogP contribution < -0.4 is 5.32 Å². The Balaban J connectivity index is 1.47. The van der Waals surface area contributed by atoms with Gasteiger partial charge in [-0.05, 0) is 44.9 Å². The number of nitrogens with zero attached hydrogens (tertiary/aromatic N) is 1. The zero-order valence-corrected chi connectivity index (χ0v) is 12.6. The third-order valence-electron chi connectivity index (χ3n) is 5.43. The Morgan fingerprint density at radius 1 is 1.26 bits per heavy atom. The molecular formula is C16H30N2O. The van der Waals surface area contributed by atoms with Crippen LogP contribution in [0.4, 0.5) is 0 Å². The van der Waals surface area contributed by atoms with Crippen molar-refractivity contribution in [2.45, 2.75) is 82.5 Å². The van der Waals surface area contributed by atoms with Crippen molar-refractivity contribution in [3.8, 4) is 0 Å². The van der Waals surface area contributed by atoms with Crippen molar-refractivity contribution >= 4 is 0 Å². The molecule has 0 amide bonds. The van der Waals surface area contributed by atoms with E-state index in [9.17, 15) is 5.11 Å². The average molecular weight is 266 g/mol. The van der Waals surface area contributed by atoms with E-state index in [1.54, 1.807) is 0 Å². The predicted octanol–water partition coefficient (Wildman–Crippen LogP) is 2.14. The molecule has 2 aliphatic carbocycles. The second-order valence-electron chi connectivity index (χ2n) is 7.52. The van der Waals surface area contributed by atoms with Crippen LogP contribution in [-0.2, 0) is 0 Å². The Hall–Kier alpha value is -0.120. The van der Waals surface area contributed by atoms with Crippen LogP contribution in [0.2, 0.25) is 0 Å². The fourth-order valence-corrected chi connectivity index (χ4v) is 4.25. The molecule has 1 saturated heterocycles. The molecule has 3 aliphatic rings. The van der Waals surface area contributed by atoms with Crippen molar-refractivity contribution in [3.63, 3.8) is 0 Å². The highest BCUT2D eigenvalue weighted by atomic mass is 16.3. The maximum absolute atomic E-state index is 10.7. The second-order valence-corrected chi connectivity index (χ2v) is 7.52. The minimum atomic E-state index is -0.437. The molecular weight excluding hydrogens is 236 g/mol. The summed E-state index contributed by atoms with van der Waals surface area (Å²) in [5.74, 6) is 0.686. The van der Waals surface area contributed by atoms with E-state index in [1.807, 2.05) is 0 Å². The summed E-state index contributed by atoms with van der Waals surface area (Å²) in [6.45, 7) is 6.62. The summed E-state index contributed by atoms with van der Waals surface area (Å²) < 4.78 is 0. The van der Waals surface area contributed by atoms with E-state index >= 15 is 0 Å². The van der Waals surface area contributed by atoms with Crippen molar-refractivity contribution in [3.05, 3.63) is 0 Å². The first-order valence-electron chi connectivity index (χ1n) is 8.27. The Bertz CT molecular complexity index is 318. The van der Waals surface area contributed by atoms with E-state index in [4.69, 9.17) is 0 Å². The topological polar surface area (TPSA) is 35.5 Å². The first kappa shape index (κ1) is 13.8. The average Bonchev–Trinajstić information content (AvgIpc) is 3.11. The Morgan fingerprint density at radius 2 is 2.05 bits per heavy atom. The number of rotatable bonds is 4. The van der Waals surface area contributed by atoms with Gasteiger partial charge in [0, 0.05) is 31.2 Å². The van der Waals surface area contributed by atoms with Gasteiger partial charge in [-0.2, -0.15) is 0 Å². The summed E-state index contributed by atoms with van der Waals surface area (Å²) >= 11 is 0. The summed E-state index contributed by atoms with van der Waals surface area (Å²) in [5, 5.41) is 14.3. The lowest BCUT2D eigenvalue weighted by Gasteiger charge is -2.36. The van der Waals surface area contributed by atoms with Gasteiger partial charge in [-0.15, -0.1) is 0 Å². The maximum atomic E-state index is 10.7. The molecule has 1 heterocycles. The van der Waals surface area contributed by atoms with Crippen LogP contribution >= 0.6 is 0 Å². The lowest BCUT2D eigenvalue weighted by atomic mass is 9.79. The van der Waals surface area contributed by atoms with E-state index in [0.717, 1.165) is 31.5 Å². The third kappa shape index (κ3) is 3.32. The minimum Gasteiger partial charge on any atom is -0.389 e. The third-order valence-corrected chi connectivity index (χ3v) is 5.43. The smallest absolute Gasteiger partial charge is 0.0774 e. The minimum absolute atomic E-state index is 0.437. The normalized spacial score (nSPS) is 44.7. The molecule has 2 N–H and O–H groups in total. The second kappa shape index (κ2) is 5.34. The predicted molar refractivity (Wildman–Crippen MR) is 78.2 cm³/mol. The van der Waals surface area contributed by atoms with Crippen LogP contribution in [0.3, 0.4) is 0 Å². The molecule has 110 valence electrons. The molecule has 4 atom stereocenters. The van der Waals surface area contributed by atoms with Crippen molar-refractivity contribution in [1.82, 2.24) is 10.2 Å². The molecule has 0 aromatic rings. The number of likely N-dealkylation sites (tertiary alicyclic amines) is 1. The molecule has 2 saturated carbocycles. The van der Waals surface area contributed by atoms with E-state index in [1.165, 1.54) is 38.6 Å². The van der Waals surface area contributed by atoms with E-state index in [2.05, 4.69) is 24.1 Å². The standard InChI is InChI=1S/C16H30N2O/c1-12-4-3-7-16(19,9-12)11-17-14-8-13(2)18(10-14)15-5-6-15/h12-15,17,19H,3-11H2,1-2H3. The van der Waals surface area contributed by atoms with Crippen LogP contribution in [0.25, 0.3) is 0 Å². The van der Waals surface area contributed by atoms with E-state index < -0.39 is 5.60 Å². The van der Waals surface area contributed by atoms with Crippen molar-refractivity contribution < 1.29 is 5.11 Å². The van der Waals surface area contributed by atoms with E-state index in [-0.39, 0.29) is 0 Å². The van der Waals surface area contributed by atoms with Crippen LogP contribution in [0, 0.1) is 5.92 Å². The van der Waals surface area contributed by atoms with Crippen LogP contribution in [-0.4, -0.2) is 46.8 Å². The van der Waals surface area contributed by atoms with Gasteiger partial charge < -0.3 is 10.4 Å². The van der Waals surface area contributed by atoms with Gasteiger partial charge >= 0.3 is 0 Å². The summed E-state index contributed by atoms with van der Waals surface area (Å²) in [4.78, 5) is 2.67. The van der Waals surface area contributed by atoms with Crippen LogP contribution in [0.15, 0.2) is 0 Å². The van der Waals surface area contributed by atoms with Crippen molar-refractivity contribution in [1.29, 1.82) is 0 Å². The Kier molecular flexibility index (Phi) is 3.89. The van der Waals surface area contributed by atoms with Gasteiger partial charge in [-0.25, -0.2) is 0 Å². The fourth-order valence-electron chi connectivity index (χ4n) is 4.25. The molecule has 3 heteroatoms. The molecule has 1 aliphatic heterocycles. The number of hydrogen-bond acceptors (Lipinski definition) is 3. The van der Waals surface area contributed by atoms with Crippen LogP contribution in [0.5, 0.6) is 0 Å². The molecule has 0 aromatic heterocycles. The molecule has 0 bridgehead atoms. The van der Waals surface area contributed by atoms with E-state index in [0.29, 0.717) is 12.0 Å². The molecule has 0 radical (unpaired) electrons. The monoisotopic (exact) mass is 266 g/mol. The number of nitrogens with one attached hydrogen (secondary N) is 1. The highest BCUT2D eigenvalue weighted by Crippen LogP contribution is 2.34. The number of hydrogen-bond donors (Lipinski definition) is 2. The largest absolute Gasteiger partial charge is 0.389 e. The SMILES string of the molecule is CC1CCCC(O)(CNC2CC(C)N(C3CC3)C2)C1. The lowest BCUT2D eigenvalue weighted by Crippen LogP contribution is -2.47. The van der Waals surface area contributed by atoms with Crippen molar-refractivity contribution in [2.75, 3.05) is 13.1 Å². The van der Waals surface area contributed by atoms with Gasteiger partial charge in [0.25, 0.3) is 0 Å². The molecule has 0 aromatic carbocycles. The van der Waals surface area contributed by atoms with Crippen LogP contribution in [0.1, 0.15) is 58.8 Å². The lowest BCUT2D eigenvalue weighted by molar-refractivity contribution is -0.0135. The van der Waals surface area contributed by atoms with Crippen molar-refractivity contribution in [2.24, 2.45) is 5.92 Å². The van der Waals surface area contributed by atoms with Gasteiger partial charge in [-0.1, -0.05) is 19.8 Å². The van der Waals surface area contributed by atoms with Gasteiger partial charge in [0.05, 0.1) is 5.60 Å². The summed E-state index contributed by atoms with van der Waals surface area (Å²) in [7, 11) is 0. The molecule has 3 nitrogen and oxygen atoms in total. The summed E-state index contributed by atoms with van der Waals surface area (Å²) in [6, 6.07) is 2.20. The number of aliphatic hydroxyl groups is 1. The van der Waals surface area contributed by atoms with Gasteiger partial charge in [0.2, 0.25) is 0 Å². The maximum Gasteiger partial charge on any atom is 0.0774 e. The first-order valence-corrected chi connectivity index (χ1v) is 8.27. The summed E-state index contributed by atoms with van der Waals surface area (Å²) in [5.41, 5.74) is -0.437. The highest BCUT2D eigenvalue weighted by molar-refractivity contribution is 4.97. The van der Waals surface area contributed by atoms with Gasteiger partial charge in [0.1, 0.15) is 0 Å². The fraction of sp³-hybridized carbons (Fsp3) is 1.00. The summed E-state index contributed by atoms with van der Waals surface area (Å²) in [6.07, 6.45) is 8.50. The van der Waals surface area contributed by atoms with Gasteiger partial charge in [0.15, 0.2) is 0 Å².